The van der Waals surface area contributed by atoms with Gasteiger partial charge >= 0.3 is 0 Å². The van der Waals surface area contributed by atoms with E-state index < -0.39 is 5.91 Å². The van der Waals surface area contributed by atoms with Gasteiger partial charge in [-0.3, -0.25) is 14.4 Å². The van der Waals surface area contributed by atoms with Crippen molar-refractivity contribution in [2.75, 3.05) is 37.0 Å². The summed E-state index contributed by atoms with van der Waals surface area (Å²) in [5.74, 6) is -0.319. The molecule has 0 atom stereocenters. The third-order valence-corrected chi connectivity index (χ3v) is 5.02. The molecule has 1 aliphatic heterocycles. The fraction of sp³-hybridized carbons (Fsp3) is 0.250. The number of rotatable bonds is 6. The normalized spacial score (nSPS) is 12.8. The minimum atomic E-state index is -0.427. The second kappa shape index (κ2) is 9.15. The van der Waals surface area contributed by atoms with Crippen molar-refractivity contribution < 1.29 is 19.1 Å². The highest BCUT2D eigenvalue weighted by molar-refractivity contribution is 6.39. The molecule has 7 nitrogen and oxygen atoms in total. The van der Waals surface area contributed by atoms with Crippen molar-refractivity contribution in [1.82, 2.24) is 4.90 Å². The van der Waals surface area contributed by atoms with E-state index in [1.54, 1.807) is 36.4 Å². The van der Waals surface area contributed by atoms with Gasteiger partial charge in [0.1, 0.15) is 5.75 Å². The monoisotopic (exact) mass is 435 g/mol. The number of fused-ring (bicyclic) bond motifs is 1. The van der Waals surface area contributed by atoms with Gasteiger partial charge in [-0.2, -0.15) is 0 Å². The van der Waals surface area contributed by atoms with Crippen LogP contribution >= 0.6 is 23.2 Å². The number of hydrogen-bond acceptors (Lipinski definition) is 4. The third kappa shape index (κ3) is 4.99. The molecule has 0 saturated carbocycles. The van der Waals surface area contributed by atoms with Crippen LogP contribution in [0.1, 0.15) is 6.42 Å². The Bertz CT molecular complexity index is 931. The lowest BCUT2D eigenvalue weighted by atomic mass is 10.2. The third-order valence-electron chi connectivity index (χ3n) is 4.39. The van der Waals surface area contributed by atoms with Crippen molar-refractivity contribution in [2.24, 2.45) is 0 Å². The minimum Gasteiger partial charge on any atom is -0.482 e. The number of carbonyl (C=O) groups excluding carboxylic acids is 3. The van der Waals surface area contributed by atoms with Crippen molar-refractivity contribution in [1.29, 1.82) is 0 Å². The molecule has 9 heteroatoms. The van der Waals surface area contributed by atoms with Gasteiger partial charge in [-0.05, 0) is 24.3 Å². The number of ether oxygens (including phenoxy) is 1. The van der Waals surface area contributed by atoms with Crippen LogP contribution in [0.4, 0.5) is 11.4 Å². The van der Waals surface area contributed by atoms with Crippen LogP contribution in [0, 0.1) is 0 Å². The van der Waals surface area contributed by atoms with Crippen LogP contribution in [-0.2, 0) is 14.4 Å². The van der Waals surface area contributed by atoms with Gasteiger partial charge in [-0.25, -0.2) is 0 Å². The summed E-state index contributed by atoms with van der Waals surface area (Å²) in [5.41, 5.74) is 0.933. The van der Waals surface area contributed by atoms with Crippen LogP contribution in [0.15, 0.2) is 42.5 Å². The van der Waals surface area contributed by atoms with E-state index in [0.29, 0.717) is 27.2 Å². The predicted octanol–water partition coefficient (Wildman–Crippen LogP) is 3.21. The van der Waals surface area contributed by atoms with E-state index in [9.17, 15) is 14.4 Å². The molecule has 1 heterocycles. The van der Waals surface area contributed by atoms with E-state index in [-0.39, 0.29) is 37.9 Å². The Morgan fingerprint density at radius 2 is 1.83 bits per heavy atom. The Labute approximate surface area is 178 Å². The zero-order valence-corrected chi connectivity index (χ0v) is 17.2. The number of carbonyl (C=O) groups is 3. The van der Waals surface area contributed by atoms with Crippen molar-refractivity contribution in [3.8, 4) is 5.75 Å². The zero-order valence-electron chi connectivity index (χ0n) is 15.7. The van der Waals surface area contributed by atoms with Crippen LogP contribution in [0.25, 0.3) is 0 Å². The minimum absolute atomic E-state index is 0.0662. The zero-order chi connectivity index (χ0) is 21.0. The molecular formula is C20H19Cl2N3O4. The van der Waals surface area contributed by atoms with Gasteiger partial charge < -0.3 is 19.9 Å². The molecule has 0 bridgehead atoms. The Kier molecular flexibility index (Phi) is 6.61. The Hall–Kier alpha value is -2.77. The van der Waals surface area contributed by atoms with Gasteiger partial charge in [0, 0.05) is 20.0 Å². The van der Waals surface area contributed by atoms with Gasteiger partial charge in [-0.1, -0.05) is 41.4 Å². The molecule has 0 fully saturated rings. The molecular weight excluding hydrogens is 417 g/mol. The number of hydrogen-bond donors (Lipinski definition) is 1. The number of benzene rings is 2. The first-order valence-electron chi connectivity index (χ1n) is 8.87. The van der Waals surface area contributed by atoms with E-state index in [0.717, 1.165) is 0 Å². The van der Waals surface area contributed by atoms with Crippen LogP contribution < -0.4 is 15.0 Å². The van der Waals surface area contributed by atoms with Crippen molar-refractivity contribution in [3.05, 3.63) is 52.5 Å². The summed E-state index contributed by atoms with van der Waals surface area (Å²) in [6.45, 7) is -0.0452. The Balaban J connectivity index is 1.56. The van der Waals surface area contributed by atoms with Crippen molar-refractivity contribution >= 4 is 52.3 Å². The first kappa shape index (κ1) is 21.0. The summed E-state index contributed by atoms with van der Waals surface area (Å²) in [4.78, 5) is 39.7. The van der Waals surface area contributed by atoms with Crippen LogP contribution in [-0.4, -0.2) is 49.4 Å². The summed E-state index contributed by atoms with van der Waals surface area (Å²) in [6.07, 6.45) is 0.0662. The molecule has 0 aliphatic carbocycles. The summed E-state index contributed by atoms with van der Waals surface area (Å²) >= 11 is 12.1. The molecule has 152 valence electrons. The summed E-state index contributed by atoms with van der Waals surface area (Å²) in [6, 6.07) is 12.0. The Morgan fingerprint density at radius 3 is 2.55 bits per heavy atom. The molecule has 0 aromatic heterocycles. The highest BCUT2D eigenvalue weighted by Crippen LogP contribution is 2.31. The highest BCUT2D eigenvalue weighted by atomic mass is 35.5. The van der Waals surface area contributed by atoms with E-state index in [1.165, 1.54) is 16.8 Å². The lowest BCUT2D eigenvalue weighted by Gasteiger charge is -2.29. The summed E-state index contributed by atoms with van der Waals surface area (Å²) < 4.78 is 5.39. The maximum absolute atomic E-state index is 12.5. The molecule has 2 aromatic rings. The second-order valence-electron chi connectivity index (χ2n) is 6.45. The van der Waals surface area contributed by atoms with Gasteiger partial charge in [0.25, 0.3) is 5.91 Å². The molecule has 2 aromatic carbocycles. The van der Waals surface area contributed by atoms with Crippen LogP contribution in [0.3, 0.4) is 0 Å². The molecule has 3 rings (SSSR count). The summed E-state index contributed by atoms with van der Waals surface area (Å²) in [5, 5.41) is 3.23. The number of anilines is 2. The molecule has 1 aliphatic rings. The molecule has 1 N–H and O–H groups in total. The Morgan fingerprint density at radius 1 is 1.14 bits per heavy atom. The smallest absolute Gasteiger partial charge is 0.265 e. The first-order chi connectivity index (χ1) is 13.9. The summed E-state index contributed by atoms with van der Waals surface area (Å²) in [7, 11) is 1.52. The van der Waals surface area contributed by atoms with Crippen molar-refractivity contribution in [3.63, 3.8) is 0 Å². The highest BCUT2D eigenvalue weighted by Gasteiger charge is 2.26. The molecule has 0 unspecified atom stereocenters. The molecule has 3 amide bonds. The largest absolute Gasteiger partial charge is 0.482 e. The lowest BCUT2D eigenvalue weighted by molar-refractivity contribution is -0.133. The SMILES string of the molecule is CN(CC(=O)Nc1c(Cl)cccc1Cl)C(=O)CCN1C(=O)COc2ccccc21. The topological polar surface area (TPSA) is 79.0 Å². The maximum atomic E-state index is 12.5. The molecule has 0 spiro atoms. The van der Waals surface area contributed by atoms with Gasteiger partial charge in [-0.15, -0.1) is 0 Å². The van der Waals surface area contributed by atoms with E-state index >= 15 is 0 Å². The molecule has 29 heavy (non-hydrogen) atoms. The average molecular weight is 436 g/mol. The lowest BCUT2D eigenvalue weighted by Crippen LogP contribution is -2.42. The number of nitrogens with zero attached hydrogens (tertiary/aromatic N) is 2. The van der Waals surface area contributed by atoms with E-state index in [1.807, 2.05) is 6.07 Å². The van der Waals surface area contributed by atoms with E-state index in [2.05, 4.69) is 5.32 Å². The van der Waals surface area contributed by atoms with E-state index in [4.69, 9.17) is 27.9 Å². The number of nitrogens with one attached hydrogen (secondary N) is 1. The fourth-order valence-corrected chi connectivity index (χ4v) is 3.39. The molecule has 0 saturated heterocycles. The van der Waals surface area contributed by atoms with Gasteiger partial charge in [0.2, 0.25) is 11.8 Å². The van der Waals surface area contributed by atoms with Gasteiger partial charge in [0.15, 0.2) is 6.61 Å². The number of likely N-dealkylation sites (N-methyl/N-ethyl adjacent to an activating group) is 1. The quantitative estimate of drug-likeness (QED) is 0.755. The maximum Gasteiger partial charge on any atom is 0.265 e. The predicted molar refractivity (Wildman–Crippen MR) is 112 cm³/mol. The number of amides is 3. The van der Waals surface area contributed by atoms with Crippen LogP contribution in [0.5, 0.6) is 5.75 Å². The number of halogens is 2. The number of para-hydroxylation sites is 3. The fourth-order valence-electron chi connectivity index (χ4n) is 2.90. The van der Waals surface area contributed by atoms with Crippen LogP contribution in [0.2, 0.25) is 10.0 Å². The second-order valence-corrected chi connectivity index (χ2v) is 7.26. The average Bonchev–Trinajstić information content (AvgIpc) is 2.70. The first-order valence-corrected chi connectivity index (χ1v) is 9.62. The van der Waals surface area contributed by atoms with Gasteiger partial charge in [0.05, 0.1) is 28.0 Å². The van der Waals surface area contributed by atoms with Crippen molar-refractivity contribution in [2.45, 2.75) is 6.42 Å². The molecule has 0 radical (unpaired) electrons. The standard InChI is InChI=1S/C20H19Cl2N3O4/c1-24(11-17(26)23-20-13(21)5-4-6-14(20)22)18(27)9-10-25-15-7-2-3-8-16(15)29-12-19(25)28/h2-8H,9-12H2,1H3,(H,23,26).